The van der Waals surface area contributed by atoms with Crippen LogP contribution in [0.3, 0.4) is 0 Å². The second-order valence-corrected chi connectivity index (χ2v) is 5.51. The molecule has 5 heteroatoms. The SMILES string of the molecule is COc1ccc(OC)c(C(NN)c2cccc(I)c2)c1. The highest BCUT2D eigenvalue weighted by molar-refractivity contribution is 14.1. The van der Waals surface area contributed by atoms with Gasteiger partial charge in [-0.1, -0.05) is 12.1 Å². The van der Waals surface area contributed by atoms with E-state index in [1.54, 1.807) is 14.2 Å². The molecule has 106 valence electrons. The Morgan fingerprint density at radius 1 is 1.10 bits per heavy atom. The summed E-state index contributed by atoms with van der Waals surface area (Å²) in [6.45, 7) is 0. The standard InChI is InChI=1S/C15H17IN2O2/c1-19-12-6-7-14(20-2)13(9-12)15(18-17)10-4-3-5-11(16)8-10/h3-9,15,18H,17H2,1-2H3. The number of rotatable bonds is 5. The Morgan fingerprint density at radius 3 is 2.50 bits per heavy atom. The molecule has 0 radical (unpaired) electrons. The molecule has 1 atom stereocenters. The van der Waals surface area contributed by atoms with Gasteiger partial charge in [0.25, 0.3) is 0 Å². The Kier molecular flexibility index (Phi) is 5.22. The van der Waals surface area contributed by atoms with Gasteiger partial charge < -0.3 is 9.47 Å². The zero-order valence-electron chi connectivity index (χ0n) is 11.4. The van der Waals surface area contributed by atoms with E-state index in [1.165, 1.54) is 0 Å². The first-order valence-electron chi connectivity index (χ1n) is 6.13. The quantitative estimate of drug-likeness (QED) is 0.473. The summed E-state index contributed by atoms with van der Waals surface area (Å²) < 4.78 is 11.9. The van der Waals surface area contributed by atoms with Crippen LogP contribution in [0.5, 0.6) is 11.5 Å². The fourth-order valence-corrected chi connectivity index (χ4v) is 2.68. The minimum atomic E-state index is -0.158. The molecule has 0 saturated heterocycles. The summed E-state index contributed by atoms with van der Waals surface area (Å²) in [4.78, 5) is 0. The molecule has 0 aliphatic carbocycles. The molecule has 2 rings (SSSR count). The molecular weight excluding hydrogens is 367 g/mol. The second kappa shape index (κ2) is 6.92. The second-order valence-electron chi connectivity index (χ2n) is 4.26. The zero-order valence-corrected chi connectivity index (χ0v) is 13.5. The van der Waals surface area contributed by atoms with Gasteiger partial charge in [0.2, 0.25) is 0 Å². The lowest BCUT2D eigenvalue weighted by molar-refractivity contribution is 0.394. The van der Waals surface area contributed by atoms with Gasteiger partial charge in [0.05, 0.1) is 20.3 Å². The van der Waals surface area contributed by atoms with Crippen molar-refractivity contribution >= 4 is 22.6 Å². The molecule has 1 unspecified atom stereocenters. The Hall–Kier alpha value is -1.31. The average molecular weight is 384 g/mol. The summed E-state index contributed by atoms with van der Waals surface area (Å²) in [5.41, 5.74) is 4.87. The number of hydrazine groups is 1. The molecule has 2 aromatic carbocycles. The number of methoxy groups -OCH3 is 2. The predicted molar refractivity (Wildman–Crippen MR) is 87.9 cm³/mol. The van der Waals surface area contributed by atoms with E-state index in [9.17, 15) is 0 Å². The minimum absolute atomic E-state index is 0.158. The minimum Gasteiger partial charge on any atom is -0.497 e. The maximum Gasteiger partial charge on any atom is 0.124 e. The lowest BCUT2D eigenvalue weighted by Crippen LogP contribution is -2.29. The lowest BCUT2D eigenvalue weighted by Gasteiger charge is -2.20. The van der Waals surface area contributed by atoms with Gasteiger partial charge in [-0.05, 0) is 58.5 Å². The van der Waals surface area contributed by atoms with Crippen molar-refractivity contribution in [1.82, 2.24) is 5.43 Å². The molecule has 0 aromatic heterocycles. The average Bonchev–Trinajstić information content (AvgIpc) is 2.48. The molecule has 2 aromatic rings. The molecule has 0 bridgehead atoms. The van der Waals surface area contributed by atoms with Crippen LogP contribution in [0.15, 0.2) is 42.5 Å². The van der Waals surface area contributed by atoms with Crippen LogP contribution >= 0.6 is 22.6 Å². The lowest BCUT2D eigenvalue weighted by atomic mass is 9.98. The van der Waals surface area contributed by atoms with Crippen molar-refractivity contribution in [2.45, 2.75) is 6.04 Å². The number of nitrogens with one attached hydrogen (secondary N) is 1. The summed E-state index contributed by atoms with van der Waals surface area (Å²) >= 11 is 2.28. The zero-order chi connectivity index (χ0) is 14.5. The molecule has 0 spiro atoms. The maximum atomic E-state index is 5.75. The van der Waals surface area contributed by atoms with Crippen LogP contribution in [0.2, 0.25) is 0 Å². The van der Waals surface area contributed by atoms with Crippen LogP contribution in [0.1, 0.15) is 17.2 Å². The first kappa shape index (κ1) is 15.1. The fraction of sp³-hybridized carbons (Fsp3) is 0.200. The van der Waals surface area contributed by atoms with E-state index in [4.69, 9.17) is 15.3 Å². The summed E-state index contributed by atoms with van der Waals surface area (Å²) in [5, 5.41) is 0. The van der Waals surface area contributed by atoms with E-state index >= 15 is 0 Å². The van der Waals surface area contributed by atoms with E-state index in [-0.39, 0.29) is 6.04 Å². The summed E-state index contributed by atoms with van der Waals surface area (Å²) in [6, 6.07) is 13.7. The van der Waals surface area contributed by atoms with Crippen molar-refractivity contribution in [3.05, 3.63) is 57.2 Å². The van der Waals surface area contributed by atoms with Crippen molar-refractivity contribution in [2.75, 3.05) is 14.2 Å². The van der Waals surface area contributed by atoms with Gasteiger partial charge >= 0.3 is 0 Å². The van der Waals surface area contributed by atoms with Crippen LogP contribution in [-0.2, 0) is 0 Å². The summed E-state index contributed by atoms with van der Waals surface area (Å²) in [5.74, 6) is 7.29. The molecule has 0 fully saturated rings. The number of halogens is 1. The fourth-order valence-electron chi connectivity index (χ4n) is 2.12. The van der Waals surface area contributed by atoms with Crippen LogP contribution in [0.25, 0.3) is 0 Å². The van der Waals surface area contributed by atoms with Crippen molar-refractivity contribution in [3.63, 3.8) is 0 Å². The third kappa shape index (κ3) is 3.23. The summed E-state index contributed by atoms with van der Waals surface area (Å²) in [7, 11) is 3.29. The Labute approximate surface area is 132 Å². The van der Waals surface area contributed by atoms with E-state index in [0.29, 0.717) is 0 Å². The van der Waals surface area contributed by atoms with Crippen LogP contribution in [-0.4, -0.2) is 14.2 Å². The Bertz CT molecular complexity index is 590. The van der Waals surface area contributed by atoms with Crippen LogP contribution in [0, 0.1) is 3.57 Å². The highest BCUT2D eigenvalue weighted by atomic mass is 127. The molecule has 20 heavy (non-hydrogen) atoms. The number of ether oxygens (including phenoxy) is 2. The number of benzene rings is 2. The van der Waals surface area contributed by atoms with Gasteiger partial charge in [0.15, 0.2) is 0 Å². The molecule has 0 aliphatic rings. The van der Waals surface area contributed by atoms with Gasteiger partial charge in [0.1, 0.15) is 11.5 Å². The smallest absolute Gasteiger partial charge is 0.124 e. The normalized spacial score (nSPS) is 12.0. The molecule has 0 aliphatic heterocycles. The number of hydrogen-bond acceptors (Lipinski definition) is 4. The predicted octanol–water partition coefficient (Wildman–Crippen LogP) is 2.86. The van der Waals surface area contributed by atoms with Gasteiger partial charge in [-0.3, -0.25) is 5.84 Å². The van der Waals surface area contributed by atoms with Crippen molar-refractivity contribution in [1.29, 1.82) is 0 Å². The largest absolute Gasteiger partial charge is 0.497 e. The van der Waals surface area contributed by atoms with Crippen molar-refractivity contribution in [3.8, 4) is 11.5 Å². The van der Waals surface area contributed by atoms with Crippen molar-refractivity contribution < 1.29 is 9.47 Å². The molecule has 0 amide bonds. The number of nitrogens with two attached hydrogens (primary N) is 1. The maximum absolute atomic E-state index is 5.75. The molecule has 4 nitrogen and oxygen atoms in total. The highest BCUT2D eigenvalue weighted by Crippen LogP contribution is 2.33. The van der Waals surface area contributed by atoms with E-state index < -0.39 is 0 Å². The van der Waals surface area contributed by atoms with Gasteiger partial charge in [-0.15, -0.1) is 0 Å². The Balaban J connectivity index is 2.50. The highest BCUT2D eigenvalue weighted by Gasteiger charge is 2.18. The van der Waals surface area contributed by atoms with Gasteiger partial charge in [-0.2, -0.15) is 0 Å². The van der Waals surface area contributed by atoms with Gasteiger partial charge in [-0.25, -0.2) is 5.43 Å². The topological polar surface area (TPSA) is 56.5 Å². The van der Waals surface area contributed by atoms with Crippen molar-refractivity contribution in [2.24, 2.45) is 5.84 Å². The molecule has 0 heterocycles. The van der Waals surface area contributed by atoms with Crippen LogP contribution in [0.4, 0.5) is 0 Å². The third-order valence-corrected chi connectivity index (χ3v) is 3.77. The molecule has 3 N–H and O–H groups in total. The third-order valence-electron chi connectivity index (χ3n) is 3.10. The first-order chi connectivity index (χ1) is 9.69. The number of hydrogen-bond donors (Lipinski definition) is 2. The molecule has 0 saturated carbocycles. The molecular formula is C15H17IN2O2. The van der Waals surface area contributed by atoms with Gasteiger partial charge in [0, 0.05) is 9.13 Å². The first-order valence-corrected chi connectivity index (χ1v) is 7.21. The van der Waals surface area contributed by atoms with E-state index in [2.05, 4.69) is 34.1 Å². The van der Waals surface area contributed by atoms with E-state index in [1.807, 2.05) is 36.4 Å². The van der Waals surface area contributed by atoms with Crippen LogP contribution < -0.4 is 20.7 Å². The Morgan fingerprint density at radius 2 is 1.90 bits per heavy atom. The summed E-state index contributed by atoms with van der Waals surface area (Å²) in [6.07, 6.45) is 0. The van der Waals surface area contributed by atoms with E-state index in [0.717, 1.165) is 26.2 Å². The monoisotopic (exact) mass is 384 g/mol.